The molecule has 0 bridgehead atoms. The zero-order valence-electron chi connectivity index (χ0n) is 38.5. The van der Waals surface area contributed by atoms with Gasteiger partial charge in [0.05, 0.1) is 11.2 Å². The molecule has 8 aromatic carbocycles. The Morgan fingerprint density at radius 3 is 1.92 bits per heavy atom. The first kappa shape index (κ1) is 38.5. The maximum Gasteiger partial charge on any atom is 0.198 e. The molecule has 4 aromatic heterocycles. The van der Waals surface area contributed by atoms with Crippen LogP contribution in [0, 0.1) is 0 Å². The predicted octanol–water partition coefficient (Wildman–Crippen LogP) is 15.7. The minimum absolute atomic E-state index is 0.0444. The number of fused-ring (bicyclic) bond motifs is 16. The molecule has 1 aliphatic heterocycles. The number of rotatable bonds is 3. The number of nitrogens with zero attached hydrogens (tertiary/aromatic N) is 1. The predicted molar refractivity (Wildman–Crippen MR) is 284 cm³/mol. The summed E-state index contributed by atoms with van der Waals surface area (Å²) >= 11 is 1.94. The van der Waals surface area contributed by atoms with Gasteiger partial charge in [-0.3, -0.25) is 0 Å². The van der Waals surface area contributed by atoms with Crippen LogP contribution in [0.2, 0.25) is 0 Å². The highest BCUT2D eigenvalue weighted by atomic mass is 32.1. The third-order valence-corrected chi connectivity index (χ3v) is 16.8. The molecule has 12 aromatic rings. The van der Waals surface area contributed by atoms with E-state index in [9.17, 15) is 0 Å². The molecule has 2 aliphatic rings. The van der Waals surface area contributed by atoms with E-state index in [0.29, 0.717) is 0 Å². The molecule has 0 saturated carbocycles. The van der Waals surface area contributed by atoms with Crippen LogP contribution in [-0.2, 0) is 16.2 Å². The number of nitrogens with one attached hydrogen (secondary N) is 1. The lowest BCUT2D eigenvalue weighted by molar-refractivity contribution is 0.332. The van der Waals surface area contributed by atoms with Gasteiger partial charge in [-0.2, -0.15) is 0 Å². The van der Waals surface area contributed by atoms with Crippen LogP contribution in [0.15, 0.2) is 142 Å². The highest BCUT2D eigenvalue weighted by Crippen LogP contribution is 2.53. The first-order valence-corrected chi connectivity index (χ1v) is 24.4. The van der Waals surface area contributed by atoms with Crippen molar-refractivity contribution in [3.63, 3.8) is 0 Å². The van der Waals surface area contributed by atoms with E-state index in [1.165, 1.54) is 86.4 Å². The van der Waals surface area contributed by atoms with E-state index >= 15 is 0 Å². The molecule has 0 fully saturated rings. The lowest BCUT2D eigenvalue weighted by atomic mass is 9.58. The molecule has 0 radical (unpaired) electrons. The molecule has 1 aliphatic carbocycles. The number of hydrogen-bond acceptors (Lipinski definition) is 4. The fourth-order valence-electron chi connectivity index (χ4n) is 12.0. The molecule has 0 spiro atoms. The van der Waals surface area contributed by atoms with E-state index in [1.54, 1.807) is 0 Å². The highest BCUT2D eigenvalue weighted by molar-refractivity contribution is 7.26. The molecule has 0 atom stereocenters. The maximum absolute atomic E-state index is 6.69. The third kappa shape index (κ3) is 5.28. The van der Waals surface area contributed by atoms with Crippen molar-refractivity contribution in [1.29, 1.82) is 0 Å². The SMILES string of the molecule is CC(C)(C)c1ccc(Nc2cc3oc4ccccc4c3cc2-c2c3c4c(c5cc6c(cc5n4-c4cc5oc7ccccc7c5cc4B3)C(C)(C)CCC6(C)C)c3c2sc2ccccc23)cc1. The largest absolute Gasteiger partial charge is 0.456 e. The maximum atomic E-state index is 6.69. The zero-order valence-corrected chi connectivity index (χ0v) is 39.3. The van der Waals surface area contributed by atoms with E-state index in [1.807, 2.05) is 11.3 Å². The Hall–Kier alpha value is -6.76. The molecular weight excluding hydrogens is 824 g/mol. The summed E-state index contributed by atoms with van der Waals surface area (Å²) in [6.07, 6.45) is 2.32. The zero-order chi connectivity index (χ0) is 44.6. The van der Waals surface area contributed by atoms with Crippen molar-refractivity contribution < 1.29 is 8.83 Å². The Morgan fingerprint density at radius 2 is 1.23 bits per heavy atom. The highest BCUT2D eigenvalue weighted by Gasteiger charge is 2.39. The molecule has 0 saturated heterocycles. The summed E-state index contributed by atoms with van der Waals surface area (Å²) in [5.41, 5.74) is 19.0. The number of hydrogen-bond donors (Lipinski definition) is 1. The first-order valence-electron chi connectivity index (χ1n) is 23.6. The Morgan fingerprint density at radius 1 is 0.606 bits per heavy atom. The van der Waals surface area contributed by atoms with Gasteiger partial charge in [0.2, 0.25) is 0 Å². The van der Waals surface area contributed by atoms with Crippen molar-refractivity contribution in [3.8, 4) is 16.8 Å². The van der Waals surface area contributed by atoms with E-state index in [4.69, 9.17) is 8.83 Å². The number of furan rings is 2. The van der Waals surface area contributed by atoms with Crippen LogP contribution in [0.3, 0.4) is 0 Å². The monoisotopic (exact) mass is 872 g/mol. The molecule has 0 unspecified atom stereocenters. The van der Waals surface area contributed by atoms with Crippen LogP contribution in [0.4, 0.5) is 11.4 Å². The van der Waals surface area contributed by atoms with Gasteiger partial charge in [0.25, 0.3) is 0 Å². The van der Waals surface area contributed by atoms with Crippen LogP contribution in [0.5, 0.6) is 0 Å². The van der Waals surface area contributed by atoms with Crippen molar-refractivity contribution in [2.75, 3.05) is 5.32 Å². The van der Waals surface area contributed by atoms with Gasteiger partial charge in [0.1, 0.15) is 22.3 Å². The fourth-order valence-corrected chi connectivity index (χ4v) is 13.3. The van der Waals surface area contributed by atoms with Gasteiger partial charge in [-0.1, -0.05) is 127 Å². The lowest BCUT2D eigenvalue weighted by Gasteiger charge is -2.42. The fraction of sp³-hybridized carbons (Fsp3) is 0.200. The molecular formula is C60H49BN2O2S. The van der Waals surface area contributed by atoms with E-state index < -0.39 is 0 Å². The van der Waals surface area contributed by atoms with Crippen LogP contribution in [0.25, 0.3) is 103 Å². The molecule has 320 valence electrons. The summed E-state index contributed by atoms with van der Waals surface area (Å²) in [6, 6.07) is 49.7. The Bertz CT molecular complexity index is 4090. The van der Waals surface area contributed by atoms with Crippen molar-refractivity contribution in [2.45, 2.75) is 77.6 Å². The number of anilines is 2. The van der Waals surface area contributed by atoms with Crippen LogP contribution in [-0.4, -0.2) is 11.8 Å². The minimum atomic E-state index is 0.0444. The number of thiophene rings is 1. The van der Waals surface area contributed by atoms with Gasteiger partial charge in [0, 0.05) is 87.1 Å². The van der Waals surface area contributed by atoms with E-state index in [-0.39, 0.29) is 16.2 Å². The first-order chi connectivity index (χ1) is 31.8. The normalized spacial score (nSPS) is 15.4. The topological polar surface area (TPSA) is 43.2 Å². The molecule has 6 heteroatoms. The Balaban J connectivity index is 1.17. The molecule has 66 heavy (non-hydrogen) atoms. The second kappa shape index (κ2) is 13.0. The molecule has 14 rings (SSSR count). The molecule has 4 nitrogen and oxygen atoms in total. The van der Waals surface area contributed by atoms with Gasteiger partial charge < -0.3 is 18.7 Å². The van der Waals surface area contributed by atoms with Gasteiger partial charge in [-0.15, -0.1) is 11.3 Å². The van der Waals surface area contributed by atoms with Gasteiger partial charge in [-0.25, -0.2) is 0 Å². The van der Waals surface area contributed by atoms with Crippen LogP contribution < -0.4 is 16.2 Å². The van der Waals surface area contributed by atoms with Crippen molar-refractivity contribution in [3.05, 3.63) is 150 Å². The Labute approximate surface area is 388 Å². The second-order valence-electron chi connectivity index (χ2n) is 21.6. The second-order valence-corrected chi connectivity index (χ2v) is 22.6. The molecule has 1 N–H and O–H groups in total. The lowest BCUT2D eigenvalue weighted by Crippen LogP contribution is -2.37. The van der Waals surface area contributed by atoms with Gasteiger partial charge in [-0.05, 0) is 105 Å². The average Bonchev–Trinajstić information content (AvgIpc) is 4.06. The summed E-state index contributed by atoms with van der Waals surface area (Å²) in [5.74, 6) is 0. The number of aromatic nitrogens is 1. The average molecular weight is 873 g/mol. The van der Waals surface area contributed by atoms with E-state index in [2.05, 4.69) is 192 Å². The van der Waals surface area contributed by atoms with Gasteiger partial charge >= 0.3 is 0 Å². The van der Waals surface area contributed by atoms with Gasteiger partial charge in [0.15, 0.2) is 7.28 Å². The summed E-state index contributed by atoms with van der Waals surface area (Å²) in [4.78, 5) is 0. The van der Waals surface area contributed by atoms with E-state index in [0.717, 1.165) is 75.4 Å². The minimum Gasteiger partial charge on any atom is -0.456 e. The summed E-state index contributed by atoms with van der Waals surface area (Å²) in [6.45, 7) is 16.6. The smallest absolute Gasteiger partial charge is 0.198 e. The van der Waals surface area contributed by atoms with Crippen molar-refractivity contribution >= 4 is 127 Å². The number of benzene rings is 8. The molecule has 5 heterocycles. The summed E-state index contributed by atoms with van der Waals surface area (Å²) in [5, 5.41) is 13.9. The summed E-state index contributed by atoms with van der Waals surface area (Å²) < 4.78 is 18.6. The van der Waals surface area contributed by atoms with Crippen LogP contribution >= 0.6 is 11.3 Å². The standard InChI is InChI=1S/C60H49BN2O2S/c1-58(2,3)32-20-22-33(23-21-32)62-44-30-49-37(34-14-8-11-17-47(34)64-49)26-39(44)54-55-56-52(53-36-16-10-13-19-51(36)66-57(53)54)40-27-41-42(60(6,7)25-24-59(41,4)5)29-45(40)63(56)46-31-50-38(28-43(46)61-55)35-15-9-12-18-48(35)65-50/h8-23,26-31,61-62H,24-25H2,1-7H3. The Kier molecular flexibility index (Phi) is 7.58. The molecule has 0 amide bonds. The van der Waals surface area contributed by atoms with Crippen molar-refractivity contribution in [2.24, 2.45) is 0 Å². The van der Waals surface area contributed by atoms with Crippen molar-refractivity contribution in [1.82, 2.24) is 4.57 Å². The number of para-hydroxylation sites is 2. The van der Waals surface area contributed by atoms with Crippen LogP contribution in [0.1, 0.15) is 78.0 Å². The summed E-state index contributed by atoms with van der Waals surface area (Å²) in [7, 11) is 0.776. The quantitative estimate of drug-likeness (QED) is 0.180. The third-order valence-electron chi connectivity index (χ3n) is 15.6.